The second kappa shape index (κ2) is 6.54. The molecule has 1 atom stereocenters. The highest BCUT2D eigenvalue weighted by atomic mass is 16.3. The maximum absolute atomic E-state index is 9.77. The largest absolute Gasteiger partial charge is 0.508 e. The van der Waals surface area contributed by atoms with Crippen LogP contribution in [0.1, 0.15) is 50.3 Å². The van der Waals surface area contributed by atoms with Gasteiger partial charge in [0.05, 0.1) is 0 Å². The minimum atomic E-state index is 0.219. The number of unbranched alkanes of at least 4 members (excludes halogenated alkanes) is 2. The van der Waals surface area contributed by atoms with Crippen molar-refractivity contribution in [2.75, 3.05) is 6.54 Å². The summed E-state index contributed by atoms with van der Waals surface area (Å²) in [6.45, 7) is 7.37. The maximum Gasteiger partial charge on any atom is 0.120 e. The molecule has 0 aliphatic carbocycles. The lowest BCUT2D eigenvalue weighted by Crippen LogP contribution is -2.20. The van der Waals surface area contributed by atoms with E-state index in [9.17, 15) is 5.11 Å². The van der Waals surface area contributed by atoms with Crippen LogP contribution in [0.25, 0.3) is 0 Å². The zero-order valence-corrected chi connectivity index (χ0v) is 10.6. The molecule has 0 fully saturated rings. The molecule has 0 aromatic heterocycles. The Bertz CT molecular complexity index is 323. The van der Waals surface area contributed by atoms with Crippen molar-refractivity contribution in [3.8, 4) is 5.75 Å². The summed E-state index contributed by atoms with van der Waals surface area (Å²) in [5, 5.41) is 13.2. The highest BCUT2D eigenvalue weighted by Crippen LogP contribution is 2.24. The summed E-state index contributed by atoms with van der Waals surface area (Å²) >= 11 is 0. The number of benzene rings is 1. The summed E-state index contributed by atoms with van der Waals surface area (Å²) in [6.07, 6.45) is 3.71. The van der Waals surface area contributed by atoms with Gasteiger partial charge in [0.2, 0.25) is 0 Å². The molecule has 0 aliphatic heterocycles. The third-order valence-corrected chi connectivity index (χ3v) is 2.88. The molecule has 2 N–H and O–H groups in total. The zero-order valence-electron chi connectivity index (χ0n) is 10.6. The van der Waals surface area contributed by atoms with Crippen LogP contribution < -0.4 is 5.32 Å². The Morgan fingerprint density at radius 2 is 2.06 bits per heavy atom. The number of hydrogen-bond acceptors (Lipinski definition) is 2. The Hall–Kier alpha value is -1.02. The first-order valence-corrected chi connectivity index (χ1v) is 6.18. The summed E-state index contributed by atoms with van der Waals surface area (Å²) in [5.74, 6) is 0.390. The Morgan fingerprint density at radius 1 is 1.31 bits per heavy atom. The van der Waals surface area contributed by atoms with E-state index in [1.165, 1.54) is 24.8 Å². The SMILES string of the molecule is CCCCCNC(C)c1cc(C)ccc1O. The Labute approximate surface area is 98.7 Å². The van der Waals surface area contributed by atoms with Crippen LogP contribution in [0.15, 0.2) is 18.2 Å². The molecule has 0 heterocycles. The molecule has 0 radical (unpaired) electrons. The first-order valence-electron chi connectivity index (χ1n) is 6.18. The van der Waals surface area contributed by atoms with E-state index in [2.05, 4.69) is 19.2 Å². The van der Waals surface area contributed by atoms with Gasteiger partial charge in [0.25, 0.3) is 0 Å². The minimum absolute atomic E-state index is 0.219. The molecule has 90 valence electrons. The fourth-order valence-electron chi connectivity index (χ4n) is 1.82. The Morgan fingerprint density at radius 3 is 2.75 bits per heavy atom. The maximum atomic E-state index is 9.77. The van der Waals surface area contributed by atoms with E-state index in [1.807, 2.05) is 19.1 Å². The van der Waals surface area contributed by atoms with Crippen molar-refractivity contribution >= 4 is 0 Å². The monoisotopic (exact) mass is 221 g/mol. The molecule has 1 aromatic carbocycles. The number of phenols is 1. The molecule has 1 rings (SSSR count). The van der Waals surface area contributed by atoms with E-state index in [4.69, 9.17) is 0 Å². The molecule has 0 spiro atoms. The van der Waals surface area contributed by atoms with Gasteiger partial charge in [-0.25, -0.2) is 0 Å². The van der Waals surface area contributed by atoms with Gasteiger partial charge in [-0.05, 0) is 32.9 Å². The van der Waals surface area contributed by atoms with Crippen molar-refractivity contribution < 1.29 is 5.11 Å². The van der Waals surface area contributed by atoms with Gasteiger partial charge in [0.1, 0.15) is 5.75 Å². The van der Waals surface area contributed by atoms with Gasteiger partial charge >= 0.3 is 0 Å². The van der Waals surface area contributed by atoms with E-state index >= 15 is 0 Å². The number of rotatable bonds is 6. The lowest BCUT2D eigenvalue weighted by molar-refractivity contribution is 0.450. The molecule has 0 aliphatic rings. The lowest BCUT2D eigenvalue weighted by atomic mass is 10.0. The third kappa shape index (κ3) is 3.86. The van der Waals surface area contributed by atoms with Crippen molar-refractivity contribution in [3.63, 3.8) is 0 Å². The van der Waals surface area contributed by atoms with E-state index in [-0.39, 0.29) is 6.04 Å². The topological polar surface area (TPSA) is 32.3 Å². The summed E-state index contributed by atoms with van der Waals surface area (Å²) < 4.78 is 0. The van der Waals surface area contributed by atoms with E-state index in [0.29, 0.717) is 5.75 Å². The lowest BCUT2D eigenvalue weighted by Gasteiger charge is -2.16. The average Bonchev–Trinajstić information content (AvgIpc) is 2.27. The second-order valence-corrected chi connectivity index (χ2v) is 4.45. The van der Waals surface area contributed by atoms with Crippen molar-refractivity contribution in [1.82, 2.24) is 5.32 Å². The van der Waals surface area contributed by atoms with Crippen LogP contribution in [0.2, 0.25) is 0 Å². The Balaban J connectivity index is 2.51. The Kier molecular flexibility index (Phi) is 5.33. The highest BCUT2D eigenvalue weighted by molar-refractivity contribution is 5.37. The smallest absolute Gasteiger partial charge is 0.120 e. The number of phenolic OH excluding ortho intramolecular Hbond substituents is 1. The van der Waals surface area contributed by atoms with Crippen LogP contribution in [-0.2, 0) is 0 Å². The molecule has 0 bridgehead atoms. The zero-order chi connectivity index (χ0) is 12.0. The van der Waals surface area contributed by atoms with E-state index in [0.717, 1.165) is 12.1 Å². The second-order valence-electron chi connectivity index (χ2n) is 4.45. The van der Waals surface area contributed by atoms with Gasteiger partial charge in [-0.1, -0.05) is 37.5 Å². The highest BCUT2D eigenvalue weighted by Gasteiger charge is 2.09. The van der Waals surface area contributed by atoms with Crippen molar-refractivity contribution in [3.05, 3.63) is 29.3 Å². The van der Waals surface area contributed by atoms with Gasteiger partial charge < -0.3 is 10.4 Å². The molecule has 16 heavy (non-hydrogen) atoms. The third-order valence-electron chi connectivity index (χ3n) is 2.88. The average molecular weight is 221 g/mol. The quantitative estimate of drug-likeness (QED) is 0.720. The van der Waals surface area contributed by atoms with Crippen molar-refractivity contribution in [1.29, 1.82) is 0 Å². The summed E-state index contributed by atoms with van der Waals surface area (Å²) in [4.78, 5) is 0. The van der Waals surface area contributed by atoms with Gasteiger partial charge in [-0.3, -0.25) is 0 Å². The molecule has 1 unspecified atom stereocenters. The number of aromatic hydroxyl groups is 1. The normalized spacial score (nSPS) is 12.7. The predicted molar refractivity (Wildman–Crippen MR) is 68.8 cm³/mol. The van der Waals surface area contributed by atoms with Gasteiger partial charge in [0.15, 0.2) is 0 Å². The van der Waals surface area contributed by atoms with Crippen LogP contribution in [0.3, 0.4) is 0 Å². The van der Waals surface area contributed by atoms with Crippen LogP contribution >= 0.6 is 0 Å². The van der Waals surface area contributed by atoms with Gasteiger partial charge in [-0.2, -0.15) is 0 Å². The minimum Gasteiger partial charge on any atom is -0.508 e. The van der Waals surface area contributed by atoms with Crippen molar-refractivity contribution in [2.24, 2.45) is 0 Å². The van der Waals surface area contributed by atoms with E-state index < -0.39 is 0 Å². The first-order chi connectivity index (χ1) is 7.65. The van der Waals surface area contributed by atoms with E-state index in [1.54, 1.807) is 6.07 Å². The fraction of sp³-hybridized carbons (Fsp3) is 0.571. The standard InChI is InChI=1S/C14H23NO/c1-4-5-6-9-15-12(3)13-10-11(2)7-8-14(13)16/h7-8,10,12,15-16H,4-6,9H2,1-3H3. The van der Waals surface area contributed by atoms with Crippen LogP contribution in [-0.4, -0.2) is 11.7 Å². The number of aryl methyl sites for hydroxylation is 1. The molecular weight excluding hydrogens is 198 g/mol. The van der Waals surface area contributed by atoms with Crippen LogP contribution in [0.4, 0.5) is 0 Å². The molecular formula is C14H23NO. The summed E-state index contributed by atoms with van der Waals surface area (Å²) in [5.41, 5.74) is 2.19. The van der Waals surface area contributed by atoms with Gasteiger partial charge in [0, 0.05) is 11.6 Å². The molecule has 0 saturated heterocycles. The summed E-state index contributed by atoms with van der Waals surface area (Å²) in [6, 6.07) is 5.97. The molecule has 1 aromatic rings. The predicted octanol–water partition coefficient (Wildman–Crippen LogP) is 3.54. The number of nitrogens with one attached hydrogen (secondary N) is 1. The molecule has 0 saturated carbocycles. The number of hydrogen-bond donors (Lipinski definition) is 2. The molecule has 2 nitrogen and oxygen atoms in total. The molecule has 2 heteroatoms. The molecule has 0 amide bonds. The first kappa shape index (κ1) is 13.0. The van der Waals surface area contributed by atoms with Crippen LogP contribution in [0, 0.1) is 6.92 Å². The fourth-order valence-corrected chi connectivity index (χ4v) is 1.82. The van der Waals surface area contributed by atoms with Crippen molar-refractivity contribution in [2.45, 2.75) is 46.1 Å². The van der Waals surface area contributed by atoms with Gasteiger partial charge in [-0.15, -0.1) is 0 Å². The van der Waals surface area contributed by atoms with Crippen LogP contribution in [0.5, 0.6) is 5.75 Å². The summed E-state index contributed by atoms with van der Waals surface area (Å²) in [7, 11) is 0.